The van der Waals surface area contributed by atoms with Gasteiger partial charge in [-0.1, -0.05) is 53.4 Å². The minimum absolute atomic E-state index is 0.0724. The van der Waals surface area contributed by atoms with Crippen LogP contribution < -0.4 is 0 Å². The molecule has 5 fully saturated rings. The van der Waals surface area contributed by atoms with Gasteiger partial charge >= 0.3 is 10.4 Å². The molecule has 1 N–H and O–H groups in total. The van der Waals surface area contributed by atoms with Gasteiger partial charge in [-0.25, -0.2) is 4.18 Å². The van der Waals surface area contributed by atoms with Crippen LogP contribution in [0.4, 0.5) is 0 Å². The minimum Gasteiger partial charge on any atom is -0.365 e. The average molecular weight is 483 g/mol. The smallest absolute Gasteiger partial charge is 0.365 e. The van der Waals surface area contributed by atoms with Crippen LogP contribution in [0.3, 0.4) is 0 Å². The lowest BCUT2D eigenvalue weighted by molar-refractivity contribution is -0.100. The molecule has 0 aromatic rings. The maximum absolute atomic E-state index is 10.8. The van der Waals surface area contributed by atoms with Crippen molar-refractivity contribution in [3.05, 3.63) is 0 Å². The largest absolute Gasteiger partial charge is 0.397 e. The van der Waals surface area contributed by atoms with E-state index in [-0.39, 0.29) is 18.1 Å². The fraction of sp³-hybridized carbons (Fsp3) is 1.00. The van der Waals surface area contributed by atoms with Gasteiger partial charge < -0.3 is 4.74 Å². The molecule has 1 unspecified atom stereocenters. The fourth-order valence-electron chi connectivity index (χ4n) is 9.96. The van der Waals surface area contributed by atoms with E-state index >= 15 is 0 Å². The van der Waals surface area contributed by atoms with Crippen molar-refractivity contribution in [2.24, 2.45) is 46.3 Å². The quantitative estimate of drug-likeness (QED) is 0.319. The van der Waals surface area contributed by atoms with Crippen molar-refractivity contribution in [3.63, 3.8) is 0 Å². The lowest BCUT2D eigenvalue weighted by atomic mass is 9.44. The van der Waals surface area contributed by atoms with Crippen molar-refractivity contribution in [2.75, 3.05) is 6.61 Å². The molecule has 10 atom stereocenters. The zero-order chi connectivity index (χ0) is 23.6. The van der Waals surface area contributed by atoms with E-state index in [4.69, 9.17) is 9.29 Å². The monoisotopic (exact) mass is 482 g/mol. The molecule has 5 rings (SSSR count). The summed E-state index contributed by atoms with van der Waals surface area (Å²) in [6.45, 7) is 9.76. The number of fused-ring (bicyclic) bond motifs is 4. The predicted octanol–water partition coefficient (Wildman–Crippen LogP) is 6.43. The van der Waals surface area contributed by atoms with Crippen LogP contribution in [0.1, 0.15) is 105 Å². The van der Waals surface area contributed by atoms with E-state index in [1.807, 2.05) is 6.92 Å². The Morgan fingerprint density at radius 3 is 2.55 bits per heavy atom. The van der Waals surface area contributed by atoms with Crippen LogP contribution in [0.15, 0.2) is 0 Å². The van der Waals surface area contributed by atoms with Crippen LogP contribution in [0.5, 0.6) is 0 Å². The van der Waals surface area contributed by atoms with E-state index in [2.05, 4.69) is 25.0 Å². The highest BCUT2D eigenvalue weighted by atomic mass is 32.3. The maximum atomic E-state index is 10.8. The molecule has 33 heavy (non-hydrogen) atoms. The summed E-state index contributed by atoms with van der Waals surface area (Å²) in [6.07, 6.45) is 16.1. The van der Waals surface area contributed by atoms with Gasteiger partial charge in [0.2, 0.25) is 0 Å². The van der Waals surface area contributed by atoms with Crippen molar-refractivity contribution in [2.45, 2.75) is 116 Å². The fourth-order valence-corrected chi connectivity index (χ4v) is 10.4. The second-order valence-corrected chi connectivity index (χ2v) is 14.3. The Labute approximate surface area is 201 Å². The van der Waals surface area contributed by atoms with Crippen molar-refractivity contribution in [1.29, 1.82) is 0 Å². The number of rotatable bonds is 8. The molecule has 1 saturated heterocycles. The minimum atomic E-state index is -4.33. The van der Waals surface area contributed by atoms with Gasteiger partial charge in [-0.15, -0.1) is 0 Å². The Morgan fingerprint density at radius 1 is 1.03 bits per heavy atom. The summed E-state index contributed by atoms with van der Waals surface area (Å²) < 4.78 is 41.5. The summed E-state index contributed by atoms with van der Waals surface area (Å²) >= 11 is 0. The molecule has 5 nitrogen and oxygen atoms in total. The third kappa shape index (κ3) is 4.03. The van der Waals surface area contributed by atoms with E-state index < -0.39 is 10.4 Å². The molecule has 1 spiro atoms. The highest BCUT2D eigenvalue weighted by molar-refractivity contribution is 7.80. The second-order valence-electron chi connectivity index (χ2n) is 13.2. The van der Waals surface area contributed by atoms with Gasteiger partial charge in [0, 0.05) is 5.41 Å². The number of ether oxygens (including phenoxy) is 1. The summed E-state index contributed by atoms with van der Waals surface area (Å²) in [4.78, 5) is 0. The molecule has 1 heterocycles. The molecule has 0 radical (unpaired) electrons. The molecule has 0 aromatic carbocycles. The zero-order valence-electron chi connectivity index (χ0n) is 21.2. The molecule has 4 aliphatic carbocycles. The topological polar surface area (TPSA) is 76.1 Å². The van der Waals surface area contributed by atoms with Crippen LogP contribution in [-0.2, 0) is 19.3 Å². The van der Waals surface area contributed by atoms with Gasteiger partial charge in [-0.05, 0) is 92.3 Å². The Hall–Kier alpha value is -0.170. The van der Waals surface area contributed by atoms with E-state index in [0.29, 0.717) is 22.9 Å². The van der Waals surface area contributed by atoms with Crippen molar-refractivity contribution < 1.29 is 21.9 Å². The molecular formula is C27H46O5S. The highest BCUT2D eigenvalue weighted by Gasteiger charge is 2.75. The third-order valence-corrected chi connectivity index (χ3v) is 12.1. The molecule has 5 aliphatic rings. The zero-order valence-corrected chi connectivity index (χ0v) is 22.0. The maximum Gasteiger partial charge on any atom is 0.397 e. The summed E-state index contributed by atoms with van der Waals surface area (Å²) in [6, 6.07) is 0. The Bertz CT molecular complexity index is 843. The van der Waals surface area contributed by atoms with Crippen LogP contribution >= 0.6 is 0 Å². The number of hydrogen-bond acceptors (Lipinski definition) is 4. The number of epoxide rings is 1. The Balaban J connectivity index is 1.20. The summed E-state index contributed by atoms with van der Waals surface area (Å²) in [7, 11) is -4.33. The van der Waals surface area contributed by atoms with Crippen molar-refractivity contribution in [3.8, 4) is 0 Å². The summed E-state index contributed by atoms with van der Waals surface area (Å²) in [5.74, 6) is 4.25. The third-order valence-electron chi connectivity index (χ3n) is 11.6. The normalized spacial score (nSPS) is 48.2. The Kier molecular flexibility index (Phi) is 6.28. The van der Waals surface area contributed by atoms with Gasteiger partial charge in [-0.3, -0.25) is 4.55 Å². The predicted molar refractivity (Wildman–Crippen MR) is 129 cm³/mol. The summed E-state index contributed by atoms with van der Waals surface area (Å²) in [5.41, 5.74) is 1.14. The van der Waals surface area contributed by atoms with E-state index in [1.54, 1.807) is 0 Å². The molecule has 6 heteroatoms. The van der Waals surface area contributed by atoms with E-state index in [1.165, 1.54) is 64.2 Å². The standard InChI is InChI=1S/C27H46O5S/c1-18(17-31-33(28,29)30)8-7-9-19(2)21-10-11-22-20-16-24-27(32-24)14-6-5-13-26(27,4)23(20)12-15-25(21,22)3/h18-24H,5-17H2,1-4H3,(H,28,29,30)/t18?,19-,20+,21-,22+,23+,24+,25-,26-,27+/m1/s1. The van der Waals surface area contributed by atoms with Gasteiger partial charge in [0.1, 0.15) is 5.60 Å². The summed E-state index contributed by atoms with van der Waals surface area (Å²) in [5, 5.41) is 0. The second kappa shape index (κ2) is 8.45. The van der Waals surface area contributed by atoms with E-state index in [0.717, 1.165) is 36.5 Å². The molecule has 0 amide bonds. The number of hydrogen-bond donors (Lipinski definition) is 1. The molecule has 4 saturated carbocycles. The van der Waals surface area contributed by atoms with Crippen LogP contribution in [0.2, 0.25) is 0 Å². The van der Waals surface area contributed by atoms with Crippen LogP contribution in [0, 0.1) is 46.3 Å². The molecule has 1 aliphatic heterocycles. The first-order valence-corrected chi connectivity index (χ1v) is 15.2. The first-order chi connectivity index (χ1) is 15.5. The van der Waals surface area contributed by atoms with Gasteiger partial charge in [-0.2, -0.15) is 8.42 Å². The van der Waals surface area contributed by atoms with Crippen molar-refractivity contribution >= 4 is 10.4 Å². The SMILES string of the molecule is CC(CCC[C@@H](C)[C@H]1CC[C@H]2[C@@H]3C[C@@H]4O[C@@]45CCCC[C@]5(C)[C@H]3CC[C@]12C)COS(=O)(=O)O. The van der Waals surface area contributed by atoms with Gasteiger partial charge in [0.25, 0.3) is 0 Å². The Morgan fingerprint density at radius 2 is 1.79 bits per heavy atom. The van der Waals surface area contributed by atoms with Crippen LogP contribution in [0.25, 0.3) is 0 Å². The molecular weight excluding hydrogens is 436 g/mol. The lowest BCUT2D eigenvalue weighted by Crippen LogP contribution is -2.57. The molecule has 0 bridgehead atoms. The van der Waals surface area contributed by atoms with Gasteiger partial charge in [0.05, 0.1) is 12.7 Å². The lowest BCUT2D eigenvalue weighted by Gasteiger charge is -2.59. The molecule has 0 aromatic heterocycles. The van der Waals surface area contributed by atoms with Crippen molar-refractivity contribution in [1.82, 2.24) is 0 Å². The first kappa shape index (κ1) is 24.5. The van der Waals surface area contributed by atoms with Crippen LogP contribution in [-0.4, -0.2) is 31.3 Å². The van der Waals surface area contributed by atoms with Gasteiger partial charge in [0.15, 0.2) is 0 Å². The highest BCUT2D eigenvalue weighted by Crippen LogP contribution is 2.74. The average Bonchev–Trinajstić information content (AvgIpc) is 3.33. The molecule has 190 valence electrons. The van der Waals surface area contributed by atoms with E-state index in [9.17, 15) is 8.42 Å². The first-order valence-electron chi connectivity index (χ1n) is 13.8.